The number of amides is 2. The predicted molar refractivity (Wildman–Crippen MR) is 96.4 cm³/mol. The molecule has 130 valence electrons. The number of ether oxygens (including phenoxy) is 1. The van der Waals surface area contributed by atoms with Gasteiger partial charge in [0.15, 0.2) is 6.10 Å². The minimum absolute atomic E-state index is 0.0530. The zero-order valence-electron chi connectivity index (χ0n) is 14.3. The smallest absolute Gasteiger partial charge is 0.266 e. The van der Waals surface area contributed by atoms with E-state index >= 15 is 0 Å². The Balaban J connectivity index is 1.64. The number of aryl methyl sites for hydroxylation is 1. The third-order valence-electron chi connectivity index (χ3n) is 4.00. The van der Waals surface area contributed by atoms with E-state index < -0.39 is 6.10 Å². The van der Waals surface area contributed by atoms with Crippen LogP contribution in [0.5, 0.6) is 5.75 Å². The van der Waals surface area contributed by atoms with E-state index in [2.05, 4.69) is 10.7 Å². The third-order valence-corrected chi connectivity index (χ3v) is 4.00. The highest BCUT2D eigenvalue weighted by Crippen LogP contribution is 2.29. The zero-order chi connectivity index (χ0) is 17.8. The lowest BCUT2D eigenvalue weighted by molar-refractivity contribution is -0.130. The van der Waals surface area contributed by atoms with Crippen molar-refractivity contribution in [2.45, 2.75) is 26.4 Å². The highest BCUT2D eigenvalue weighted by Gasteiger charge is 2.29. The summed E-state index contributed by atoms with van der Waals surface area (Å²) in [6, 6.07) is 15.0. The van der Waals surface area contributed by atoms with E-state index in [1.165, 1.54) is 0 Å². The normalized spacial score (nSPS) is 15.6. The summed E-state index contributed by atoms with van der Waals surface area (Å²) in [5.41, 5.74) is 5.49. The van der Waals surface area contributed by atoms with Crippen molar-refractivity contribution in [3.05, 3.63) is 54.1 Å². The number of benzene rings is 2. The summed E-state index contributed by atoms with van der Waals surface area (Å²) < 4.78 is 5.66. The molecule has 1 aliphatic heterocycles. The number of rotatable bonds is 5. The molecular weight excluding hydrogens is 318 g/mol. The van der Waals surface area contributed by atoms with E-state index in [0.29, 0.717) is 18.0 Å². The Morgan fingerprint density at radius 3 is 2.64 bits per heavy atom. The van der Waals surface area contributed by atoms with Gasteiger partial charge in [0.05, 0.1) is 17.8 Å². The van der Waals surface area contributed by atoms with E-state index in [4.69, 9.17) is 4.74 Å². The van der Waals surface area contributed by atoms with Crippen LogP contribution in [-0.4, -0.2) is 24.5 Å². The molecule has 2 aromatic carbocycles. The van der Waals surface area contributed by atoms with Crippen molar-refractivity contribution in [1.82, 2.24) is 5.43 Å². The molecule has 6 heteroatoms. The topological polar surface area (TPSA) is 70.7 Å². The number of nitrogens with one attached hydrogen (secondary N) is 2. The van der Waals surface area contributed by atoms with Crippen LogP contribution >= 0.6 is 0 Å². The highest BCUT2D eigenvalue weighted by atomic mass is 16.5. The molecular formula is C19H21N3O3. The molecule has 1 atom stereocenters. The summed E-state index contributed by atoms with van der Waals surface area (Å²) in [4.78, 5) is 24.5. The Morgan fingerprint density at radius 1 is 1.20 bits per heavy atom. The van der Waals surface area contributed by atoms with Gasteiger partial charge >= 0.3 is 0 Å². The van der Waals surface area contributed by atoms with Gasteiger partial charge in [-0.1, -0.05) is 29.8 Å². The fraction of sp³-hybridized carbons (Fsp3) is 0.263. The minimum Gasteiger partial charge on any atom is -0.478 e. The van der Waals surface area contributed by atoms with E-state index in [0.717, 1.165) is 11.3 Å². The number of carbonyl (C=O) groups is 2. The fourth-order valence-electron chi connectivity index (χ4n) is 2.64. The molecule has 0 aromatic heterocycles. The summed E-state index contributed by atoms with van der Waals surface area (Å²) in [5.74, 6) is -0.0139. The summed E-state index contributed by atoms with van der Waals surface area (Å²) in [6.07, 6.45) is -0.894. The molecule has 0 aliphatic carbocycles. The zero-order valence-corrected chi connectivity index (χ0v) is 14.3. The molecule has 3 rings (SSSR count). The molecule has 0 saturated heterocycles. The number of carbonyl (C=O) groups excluding carboxylic acids is 2. The van der Waals surface area contributed by atoms with Crippen molar-refractivity contribution in [2.24, 2.45) is 0 Å². The SMILES string of the molecule is CCN(NC(=O)C[C@H]1Oc2ccccc2NC1=O)c1ccc(C)cc1. The standard InChI is InChI=1S/C19H21N3O3/c1-3-22(14-10-8-13(2)9-11-14)21-18(23)12-17-19(24)20-15-6-4-5-7-16(15)25-17/h4-11,17H,3,12H2,1-2H3,(H,20,24)(H,21,23)/t17-/m1/s1. The van der Waals surface area contributed by atoms with Crippen LogP contribution in [0.25, 0.3) is 0 Å². The van der Waals surface area contributed by atoms with E-state index in [9.17, 15) is 9.59 Å². The lowest BCUT2D eigenvalue weighted by Gasteiger charge is -2.27. The molecule has 0 bridgehead atoms. The largest absolute Gasteiger partial charge is 0.478 e. The predicted octanol–water partition coefficient (Wildman–Crippen LogP) is 2.64. The average Bonchev–Trinajstić information content (AvgIpc) is 2.61. The van der Waals surface area contributed by atoms with Gasteiger partial charge in [-0.3, -0.25) is 20.0 Å². The quantitative estimate of drug-likeness (QED) is 0.822. The summed E-state index contributed by atoms with van der Waals surface area (Å²) in [6.45, 7) is 4.56. The number of fused-ring (bicyclic) bond motifs is 1. The lowest BCUT2D eigenvalue weighted by atomic mass is 10.1. The van der Waals surface area contributed by atoms with Gasteiger partial charge in [0.25, 0.3) is 5.91 Å². The van der Waals surface area contributed by atoms with E-state index in [1.807, 2.05) is 50.2 Å². The first-order valence-corrected chi connectivity index (χ1v) is 8.27. The first kappa shape index (κ1) is 16.8. The van der Waals surface area contributed by atoms with Gasteiger partial charge in [0, 0.05) is 6.54 Å². The fourth-order valence-corrected chi connectivity index (χ4v) is 2.64. The summed E-state index contributed by atoms with van der Waals surface area (Å²) >= 11 is 0. The van der Waals surface area contributed by atoms with E-state index in [1.54, 1.807) is 17.1 Å². The maximum absolute atomic E-state index is 12.4. The Morgan fingerprint density at radius 2 is 1.92 bits per heavy atom. The Bertz CT molecular complexity index is 774. The second kappa shape index (κ2) is 7.25. The molecule has 25 heavy (non-hydrogen) atoms. The van der Waals surface area contributed by atoms with Crippen LogP contribution in [0.1, 0.15) is 18.9 Å². The van der Waals surface area contributed by atoms with Crippen molar-refractivity contribution in [3.63, 3.8) is 0 Å². The second-order valence-corrected chi connectivity index (χ2v) is 5.91. The minimum atomic E-state index is -0.841. The summed E-state index contributed by atoms with van der Waals surface area (Å²) in [5, 5.41) is 4.51. The number of nitrogens with zero attached hydrogens (tertiary/aromatic N) is 1. The number of anilines is 2. The van der Waals surface area contributed by atoms with Gasteiger partial charge in [-0.15, -0.1) is 0 Å². The van der Waals surface area contributed by atoms with Crippen molar-refractivity contribution in [3.8, 4) is 5.75 Å². The molecule has 1 heterocycles. The van der Waals surface area contributed by atoms with Crippen LogP contribution in [0, 0.1) is 6.92 Å². The molecule has 2 aromatic rings. The van der Waals surface area contributed by atoms with Crippen LogP contribution in [0.4, 0.5) is 11.4 Å². The Labute approximate surface area is 146 Å². The molecule has 0 spiro atoms. The molecule has 0 radical (unpaired) electrons. The van der Waals surface area contributed by atoms with Crippen LogP contribution in [-0.2, 0) is 9.59 Å². The van der Waals surface area contributed by atoms with Gasteiger partial charge in [-0.05, 0) is 38.1 Å². The van der Waals surface area contributed by atoms with Gasteiger partial charge < -0.3 is 10.1 Å². The first-order chi connectivity index (χ1) is 12.1. The summed E-state index contributed by atoms with van der Waals surface area (Å²) in [7, 11) is 0. The maximum atomic E-state index is 12.4. The molecule has 6 nitrogen and oxygen atoms in total. The second-order valence-electron chi connectivity index (χ2n) is 5.91. The highest BCUT2D eigenvalue weighted by molar-refractivity contribution is 6.00. The lowest BCUT2D eigenvalue weighted by Crippen LogP contribution is -2.46. The van der Waals surface area contributed by atoms with Crippen molar-refractivity contribution in [1.29, 1.82) is 0 Å². The number of hydrogen-bond donors (Lipinski definition) is 2. The molecule has 0 unspecified atom stereocenters. The number of hydrogen-bond acceptors (Lipinski definition) is 4. The molecule has 0 fully saturated rings. The van der Waals surface area contributed by atoms with Crippen LogP contribution in [0.3, 0.4) is 0 Å². The van der Waals surface area contributed by atoms with Gasteiger partial charge in [0.1, 0.15) is 5.75 Å². The number of para-hydroxylation sites is 2. The monoisotopic (exact) mass is 339 g/mol. The van der Waals surface area contributed by atoms with Crippen LogP contribution < -0.4 is 20.5 Å². The van der Waals surface area contributed by atoms with Gasteiger partial charge in [0.2, 0.25) is 5.91 Å². The van der Waals surface area contributed by atoms with Crippen LogP contribution in [0.15, 0.2) is 48.5 Å². The third kappa shape index (κ3) is 3.91. The van der Waals surface area contributed by atoms with Crippen molar-refractivity contribution in [2.75, 3.05) is 16.9 Å². The number of hydrazine groups is 1. The molecule has 0 saturated carbocycles. The Hall–Kier alpha value is -3.02. The molecule has 1 aliphatic rings. The molecule has 2 amide bonds. The van der Waals surface area contributed by atoms with Gasteiger partial charge in [-0.2, -0.15) is 0 Å². The maximum Gasteiger partial charge on any atom is 0.266 e. The Kier molecular flexibility index (Phi) is 4.88. The van der Waals surface area contributed by atoms with Crippen molar-refractivity contribution >= 4 is 23.2 Å². The van der Waals surface area contributed by atoms with Crippen molar-refractivity contribution < 1.29 is 14.3 Å². The molecule has 2 N–H and O–H groups in total. The first-order valence-electron chi connectivity index (χ1n) is 8.27. The average molecular weight is 339 g/mol. The van der Waals surface area contributed by atoms with Crippen LogP contribution in [0.2, 0.25) is 0 Å². The van der Waals surface area contributed by atoms with E-state index in [-0.39, 0.29) is 18.2 Å². The van der Waals surface area contributed by atoms with Gasteiger partial charge in [-0.25, -0.2) is 0 Å².